The van der Waals surface area contributed by atoms with Crippen LogP contribution >= 0.6 is 0 Å². The standard InChI is InChI=1S/C10H20N2O.C5H10O2/c1-8(11)3-5-10-6-4-9(2)12(10)7-13;1-5(2,3)7-4-6/h7-10H,3-6,11H2,1-2H3;4H,1-3H3. The van der Waals surface area contributed by atoms with Crippen LogP contribution in [-0.4, -0.2) is 41.5 Å². The topological polar surface area (TPSA) is 72.6 Å². The van der Waals surface area contributed by atoms with Gasteiger partial charge in [0.1, 0.15) is 5.60 Å². The largest absolute Gasteiger partial charge is 0.462 e. The summed E-state index contributed by atoms with van der Waals surface area (Å²) in [6, 6.07) is 1.12. The van der Waals surface area contributed by atoms with E-state index in [4.69, 9.17) is 5.73 Å². The smallest absolute Gasteiger partial charge is 0.293 e. The molecular formula is C15H30N2O3. The van der Waals surface area contributed by atoms with Gasteiger partial charge in [0.2, 0.25) is 6.41 Å². The third-order valence-corrected chi connectivity index (χ3v) is 3.33. The summed E-state index contributed by atoms with van der Waals surface area (Å²) in [6.45, 7) is 10.0. The molecule has 1 heterocycles. The summed E-state index contributed by atoms with van der Waals surface area (Å²) in [5, 5.41) is 0. The molecule has 5 nitrogen and oxygen atoms in total. The van der Waals surface area contributed by atoms with Gasteiger partial charge in [-0.2, -0.15) is 0 Å². The molecule has 0 spiro atoms. The minimum atomic E-state index is -0.318. The molecule has 1 aliphatic rings. The Morgan fingerprint density at radius 3 is 2.30 bits per heavy atom. The second-order valence-electron chi connectivity index (χ2n) is 6.51. The molecule has 118 valence electrons. The second-order valence-corrected chi connectivity index (χ2v) is 6.51. The van der Waals surface area contributed by atoms with Crippen molar-refractivity contribution >= 4 is 12.9 Å². The van der Waals surface area contributed by atoms with Crippen LogP contribution in [0.3, 0.4) is 0 Å². The lowest BCUT2D eigenvalue weighted by Crippen LogP contribution is -2.34. The number of nitrogens with two attached hydrogens (primary N) is 1. The van der Waals surface area contributed by atoms with Gasteiger partial charge in [-0.1, -0.05) is 0 Å². The van der Waals surface area contributed by atoms with Crippen molar-refractivity contribution in [3.63, 3.8) is 0 Å². The average molecular weight is 286 g/mol. The SMILES string of the molecule is CC(C)(C)OC=O.CC(N)CCC1CCC(C)N1C=O. The molecule has 0 radical (unpaired) electrons. The second kappa shape index (κ2) is 8.95. The Labute approximate surface area is 122 Å². The van der Waals surface area contributed by atoms with E-state index in [0.717, 1.165) is 32.1 Å². The van der Waals surface area contributed by atoms with E-state index in [1.807, 2.05) is 32.6 Å². The molecule has 1 rings (SSSR count). The van der Waals surface area contributed by atoms with Crippen LogP contribution in [0, 0.1) is 0 Å². The maximum atomic E-state index is 10.8. The fourth-order valence-corrected chi connectivity index (χ4v) is 2.17. The summed E-state index contributed by atoms with van der Waals surface area (Å²) >= 11 is 0. The Hall–Kier alpha value is -1.10. The van der Waals surface area contributed by atoms with Crippen molar-refractivity contribution < 1.29 is 14.3 Å². The van der Waals surface area contributed by atoms with Gasteiger partial charge in [0.05, 0.1) is 0 Å². The number of likely N-dealkylation sites (tertiary alicyclic amines) is 1. The molecule has 3 atom stereocenters. The van der Waals surface area contributed by atoms with E-state index in [1.54, 1.807) is 0 Å². The van der Waals surface area contributed by atoms with Crippen LogP contribution in [0.25, 0.3) is 0 Å². The molecule has 0 aromatic heterocycles. The van der Waals surface area contributed by atoms with Crippen LogP contribution in [0.4, 0.5) is 0 Å². The fraction of sp³-hybridized carbons (Fsp3) is 0.867. The number of hydrogen-bond acceptors (Lipinski definition) is 4. The summed E-state index contributed by atoms with van der Waals surface area (Å²) in [5.41, 5.74) is 5.37. The summed E-state index contributed by atoms with van der Waals surface area (Å²) in [7, 11) is 0. The van der Waals surface area contributed by atoms with Gasteiger partial charge in [-0.15, -0.1) is 0 Å². The first-order valence-electron chi connectivity index (χ1n) is 7.31. The first-order chi connectivity index (χ1) is 9.21. The Morgan fingerprint density at radius 1 is 1.35 bits per heavy atom. The average Bonchev–Trinajstić information content (AvgIpc) is 2.66. The molecular weight excluding hydrogens is 256 g/mol. The van der Waals surface area contributed by atoms with Crippen LogP contribution in [0.5, 0.6) is 0 Å². The Morgan fingerprint density at radius 2 is 1.95 bits per heavy atom. The number of carbonyl (C=O) groups excluding carboxylic acids is 2. The zero-order chi connectivity index (χ0) is 15.8. The molecule has 2 N–H and O–H groups in total. The lowest BCUT2D eigenvalue weighted by molar-refractivity contribution is -0.138. The normalized spacial score (nSPS) is 23.6. The molecule has 3 unspecified atom stereocenters. The van der Waals surface area contributed by atoms with Crippen LogP contribution in [-0.2, 0) is 14.3 Å². The quantitative estimate of drug-likeness (QED) is 0.785. The summed E-state index contributed by atoms with van der Waals surface area (Å²) in [5.74, 6) is 0. The van der Waals surface area contributed by atoms with Gasteiger partial charge in [0.15, 0.2) is 0 Å². The predicted octanol–water partition coefficient (Wildman–Crippen LogP) is 2.08. The highest BCUT2D eigenvalue weighted by Crippen LogP contribution is 2.25. The Bertz CT molecular complexity index is 287. The van der Waals surface area contributed by atoms with E-state index in [2.05, 4.69) is 11.7 Å². The molecule has 0 aromatic rings. The third kappa shape index (κ3) is 8.15. The zero-order valence-electron chi connectivity index (χ0n) is 13.5. The van der Waals surface area contributed by atoms with Crippen molar-refractivity contribution in [3.8, 4) is 0 Å². The molecule has 0 saturated carbocycles. The number of carbonyl (C=O) groups is 2. The molecule has 1 fully saturated rings. The molecule has 1 aliphatic heterocycles. The van der Waals surface area contributed by atoms with Crippen LogP contribution in [0.15, 0.2) is 0 Å². The monoisotopic (exact) mass is 286 g/mol. The lowest BCUT2D eigenvalue weighted by Gasteiger charge is -2.24. The van der Waals surface area contributed by atoms with E-state index in [-0.39, 0.29) is 11.6 Å². The first-order valence-corrected chi connectivity index (χ1v) is 7.31. The van der Waals surface area contributed by atoms with Gasteiger partial charge in [0, 0.05) is 18.1 Å². The van der Waals surface area contributed by atoms with Crippen molar-refractivity contribution in [3.05, 3.63) is 0 Å². The predicted molar refractivity (Wildman–Crippen MR) is 80.2 cm³/mol. The van der Waals surface area contributed by atoms with E-state index in [1.165, 1.54) is 0 Å². The van der Waals surface area contributed by atoms with Crippen molar-refractivity contribution in [1.29, 1.82) is 0 Å². The van der Waals surface area contributed by atoms with E-state index >= 15 is 0 Å². The number of ether oxygens (including phenoxy) is 1. The highest BCUT2D eigenvalue weighted by atomic mass is 16.5. The molecule has 0 aliphatic carbocycles. The minimum absolute atomic E-state index is 0.254. The van der Waals surface area contributed by atoms with Crippen molar-refractivity contribution in [2.45, 2.75) is 84.0 Å². The number of amides is 1. The van der Waals surface area contributed by atoms with Gasteiger partial charge >= 0.3 is 0 Å². The lowest BCUT2D eigenvalue weighted by atomic mass is 10.1. The van der Waals surface area contributed by atoms with E-state index < -0.39 is 0 Å². The summed E-state index contributed by atoms with van der Waals surface area (Å²) in [4.78, 5) is 22.3. The van der Waals surface area contributed by atoms with Crippen molar-refractivity contribution in [1.82, 2.24) is 4.90 Å². The van der Waals surface area contributed by atoms with E-state index in [0.29, 0.717) is 18.6 Å². The van der Waals surface area contributed by atoms with Gasteiger partial charge < -0.3 is 15.4 Å². The fourth-order valence-electron chi connectivity index (χ4n) is 2.17. The van der Waals surface area contributed by atoms with Crippen LogP contribution in [0.2, 0.25) is 0 Å². The number of rotatable bonds is 5. The van der Waals surface area contributed by atoms with Crippen LogP contribution < -0.4 is 5.73 Å². The van der Waals surface area contributed by atoms with Gasteiger partial charge in [0.25, 0.3) is 6.47 Å². The molecule has 1 amide bonds. The third-order valence-electron chi connectivity index (χ3n) is 3.33. The number of nitrogens with zero attached hydrogens (tertiary/aromatic N) is 1. The zero-order valence-corrected chi connectivity index (χ0v) is 13.5. The minimum Gasteiger partial charge on any atom is -0.462 e. The summed E-state index contributed by atoms with van der Waals surface area (Å²) in [6.07, 6.45) is 5.35. The maximum Gasteiger partial charge on any atom is 0.293 e. The Balaban J connectivity index is 0.000000441. The molecule has 5 heteroatoms. The Kier molecular flexibility index (Phi) is 8.46. The molecule has 20 heavy (non-hydrogen) atoms. The van der Waals surface area contributed by atoms with Gasteiger partial charge in [-0.3, -0.25) is 9.59 Å². The molecule has 0 bridgehead atoms. The molecule has 0 aromatic carbocycles. The highest BCUT2D eigenvalue weighted by Gasteiger charge is 2.28. The maximum absolute atomic E-state index is 10.8. The number of hydrogen-bond donors (Lipinski definition) is 1. The van der Waals surface area contributed by atoms with Gasteiger partial charge in [-0.25, -0.2) is 0 Å². The first kappa shape index (κ1) is 18.9. The van der Waals surface area contributed by atoms with E-state index in [9.17, 15) is 9.59 Å². The molecule has 1 saturated heterocycles. The van der Waals surface area contributed by atoms with Crippen LogP contribution in [0.1, 0.15) is 60.3 Å². The van der Waals surface area contributed by atoms with Gasteiger partial charge in [-0.05, 0) is 60.3 Å². The summed E-state index contributed by atoms with van der Waals surface area (Å²) < 4.78 is 4.55. The van der Waals surface area contributed by atoms with Crippen molar-refractivity contribution in [2.24, 2.45) is 5.73 Å². The van der Waals surface area contributed by atoms with Crippen molar-refractivity contribution in [2.75, 3.05) is 0 Å². The highest BCUT2D eigenvalue weighted by molar-refractivity contribution is 5.49.